The predicted molar refractivity (Wildman–Crippen MR) is 77.5 cm³/mol. The number of rotatable bonds is 4. The highest BCUT2D eigenvalue weighted by atomic mass is 16.5. The number of hydrogen-bond donors (Lipinski definition) is 1. The molecule has 2 rings (SSSR count). The van der Waals surface area contributed by atoms with Gasteiger partial charge in [-0.1, -0.05) is 25.8 Å². The lowest BCUT2D eigenvalue weighted by molar-refractivity contribution is 0.157. The highest BCUT2D eigenvalue weighted by Gasteiger charge is 2.22. The molecule has 0 amide bonds. The van der Waals surface area contributed by atoms with Crippen molar-refractivity contribution >= 4 is 0 Å². The van der Waals surface area contributed by atoms with Gasteiger partial charge in [0.1, 0.15) is 0 Å². The first-order chi connectivity index (χ1) is 9.10. The van der Waals surface area contributed by atoms with E-state index in [0.717, 1.165) is 12.5 Å². The fraction of sp³-hybridized carbons (Fsp3) is 0.625. The van der Waals surface area contributed by atoms with E-state index in [1.54, 1.807) is 13.2 Å². The Bertz CT molecular complexity index is 419. The largest absolute Gasteiger partial charge is 0.504 e. The van der Waals surface area contributed by atoms with Gasteiger partial charge in [-0.3, -0.25) is 4.90 Å². The van der Waals surface area contributed by atoms with Crippen LogP contribution >= 0.6 is 0 Å². The molecule has 1 aliphatic carbocycles. The summed E-state index contributed by atoms with van der Waals surface area (Å²) in [6.45, 7) is 3.26. The molecule has 19 heavy (non-hydrogen) atoms. The van der Waals surface area contributed by atoms with Crippen LogP contribution in [0.1, 0.15) is 38.2 Å². The molecule has 0 heterocycles. The number of nitrogens with zero attached hydrogens (tertiary/aromatic N) is 1. The molecule has 2 unspecified atom stereocenters. The minimum Gasteiger partial charge on any atom is -0.504 e. The molecule has 1 N–H and O–H groups in total. The smallest absolute Gasteiger partial charge is 0.160 e. The van der Waals surface area contributed by atoms with Crippen LogP contribution in [-0.4, -0.2) is 30.2 Å². The van der Waals surface area contributed by atoms with Gasteiger partial charge < -0.3 is 9.84 Å². The van der Waals surface area contributed by atoms with Gasteiger partial charge >= 0.3 is 0 Å². The first-order valence-electron chi connectivity index (χ1n) is 7.16. The van der Waals surface area contributed by atoms with E-state index in [0.29, 0.717) is 11.8 Å². The summed E-state index contributed by atoms with van der Waals surface area (Å²) < 4.78 is 5.16. The molecule has 0 aliphatic heterocycles. The Morgan fingerprint density at radius 3 is 2.84 bits per heavy atom. The zero-order chi connectivity index (χ0) is 13.8. The van der Waals surface area contributed by atoms with Crippen molar-refractivity contribution in [3.05, 3.63) is 23.8 Å². The normalized spacial score (nSPS) is 23.6. The van der Waals surface area contributed by atoms with Crippen molar-refractivity contribution in [3.8, 4) is 11.5 Å². The SMILES string of the molecule is COc1cc(CN(C)C2CCCC(C)C2)ccc1O. The molecule has 0 radical (unpaired) electrons. The lowest BCUT2D eigenvalue weighted by Gasteiger charge is -2.34. The Morgan fingerprint density at radius 1 is 1.37 bits per heavy atom. The molecule has 0 spiro atoms. The quantitative estimate of drug-likeness (QED) is 0.903. The number of phenolic OH excluding ortho intramolecular Hbond substituents is 1. The molecule has 0 saturated heterocycles. The Kier molecular flexibility index (Phi) is 4.70. The van der Waals surface area contributed by atoms with Crippen molar-refractivity contribution in [1.82, 2.24) is 4.90 Å². The van der Waals surface area contributed by atoms with Crippen LogP contribution in [0.25, 0.3) is 0 Å². The first kappa shape index (κ1) is 14.2. The third-order valence-corrected chi connectivity index (χ3v) is 4.21. The van der Waals surface area contributed by atoms with Crippen LogP contribution in [0.4, 0.5) is 0 Å². The second-order valence-electron chi connectivity index (χ2n) is 5.85. The van der Waals surface area contributed by atoms with Crippen molar-refractivity contribution in [1.29, 1.82) is 0 Å². The van der Waals surface area contributed by atoms with E-state index in [4.69, 9.17) is 4.74 Å². The van der Waals surface area contributed by atoms with Crippen LogP contribution in [0.3, 0.4) is 0 Å². The maximum absolute atomic E-state index is 9.61. The van der Waals surface area contributed by atoms with Gasteiger partial charge in [-0.05, 0) is 43.5 Å². The molecule has 1 aromatic rings. The van der Waals surface area contributed by atoms with E-state index in [-0.39, 0.29) is 5.75 Å². The number of methoxy groups -OCH3 is 1. The van der Waals surface area contributed by atoms with Gasteiger partial charge in [-0.25, -0.2) is 0 Å². The van der Waals surface area contributed by atoms with Gasteiger partial charge in [-0.2, -0.15) is 0 Å². The lowest BCUT2D eigenvalue weighted by atomic mass is 9.86. The Morgan fingerprint density at radius 2 is 2.16 bits per heavy atom. The summed E-state index contributed by atoms with van der Waals surface area (Å²) in [5.41, 5.74) is 1.19. The van der Waals surface area contributed by atoms with Crippen molar-refractivity contribution in [2.45, 2.75) is 45.2 Å². The van der Waals surface area contributed by atoms with Crippen molar-refractivity contribution in [2.24, 2.45) is 5.92 Å². The van der Waals surface area contributed by atoms with Crippen molar-refractivity contribution in [2.75, 3.05) is 14.2 Å². The second kappa shape index (κ2) is 6.29. The van der Waals surface area contributed by atoms with Crippen LogP contribution in [0, 0.1) is 5.92 Å². The maximum Gasteiger partial charge on any atom is 0.160 e. The fourth-order valence-electron chi connectivity index (χ4n) is 3.04. The monoisotopic (exact) mass is 263 g/mol. The number of phenols is 1. The number of benzene rings is 1. The fourth-order valence-corrected chi connectivity index (χ4v) is 3.04. The number of ether oxygens (including phenoxy) is 1. The van der Waals surface area contributed by atoms with Gasteiger partial charge in [0, 0.05) is 12.6 Å². The van der Waals surface area contributed by atoms with E-state index in [1.165, 1.54) is 31.2 Å². The minimum atomic E-state index is 0.209. The van der Waals surface area contributed by atoms with Gasteiger partial charge in [0.25, 0.3) is 0 Å². The van der Waals surface area contributed by atoms with E-state index >= 15 is 0 Å². The first-order valence-corrected chi connectivity index (χ1v) is 7.16. The molecule has 0 bridgehead atoms. The molecule has 3 nitrogen and oxygen atoms in total. The zero-order valence-electron chi connectivity index (χ0n) is 12.2. The molecular weight excluding hydrogens is 238 g/mol. The molecule has 106 valence electrons. The van der Waals surface area contributed by atoms with E-state index in [2.05, 4.69) is 18.9 Å². The minimum absolute atomic E-state index is 0.209. The highest BCUT2D eigenvalue weighted by molar-refractivity contribution is 5.41. The standard InChI is InChI=1S/C16H25NO2/c1-12-5-4-6-14(9-12)17(2)11-13-7-8-15(18)16(10-13)19-3/h7-8,10,12,14,18H,4-6,9,11H2,1-3H3. The summed E-state index contributed by atoms with van der Waals surface area (Å²) in [7, 11) is 3.79. The average molecular weight is 263 g/mol. The van der Waals surface area contributed by atoms with Gasteiger partial charge in [0.05, 0.1) is 7.11 Å². The van der Waals surface area contributed by atoms with Crippen molar-refractivity contribution in [3.63, 3.8) is 0 Å². The molecule has 1 saturated carbocycles. The molecule has 2 atom stereocenters. The third kappa shape index (κ3) is 3.63. The Labute approximate surface area is 116 Å². The Hall–Kier alpha value is -1.22. The molecule has 3 heteroatoms. The van der Waals surface area contributed by atoms with Crippen LogP contribution in [-0.2, 0) is 6.54 Å². The second-order valence-corrected chi connectivity index (χ2v) is 5.85. The van der Waals surface area contributed by atoms with Crippen LogP contribution in [0.15, 0.2) is 18.2 Å². The van der Waals surface area contributed by atoms with Crippen LogP contribution in [0.2, 0.25) is 0 Å². The average Bonchev–Trinajstić information content (AvgIpc) is 2.41. The van der Waals surface area contributed by atoms with Crippen molar-refractivity contribution < 1.29 is 9.84 Å². The summed E-state index contributed by atoms with van der Waals surface area (Å²) >= 11 is 0. The Balaban J connectivity index is 1.99. The van der Waals surface area contributed by atoms with Gasteiger partial charge in [0.15, 0.2) is 11.5 Å². The van der Waals surface area contributed by atoms with Gasteiger partial charge in [-0.15, -0.1) is 0 Å². The highest BCUT2D eigenvalue weighted by Crippen LogP contribution is 2.29. The maximum atomic E-state index is 9.61. The van der Waals surface area contributed by atoms with Gasteiger partial charge in [0.2, 0.25) is 0 Å². The topological polar surface area (TPSA) is 32.7 Å². The van der Waals surface area contributed by atoms with E-state index < -0.39 is 0 Å². The summed E-state index contributed by atoms with van der Waals surface area (Å²) in [5.74, 6) is 1.61. The molecule has 0 aromatic heterocycles. The molecule has 1 fully saturated rings. The number of aromatic hydroxyl groups is 1. The zero-order valence-corrected chi connectivity index (χ0v) is 12.2. The van der Waals surface area contributed by atoms with Crippen LogP contribution in [0.5, 0.6) is 11.5 Å². The number of hydrogen-bond acceptors (Lipinski definition) is 3. The lowest BCUT2D eigenvalue weighted by Crippen LogP contribution is -2.35. The van der Waals surface area contributed by atoms with Crippen LogP contribution < -0.4 is 4.74 Å². The summed E-state index contributed by atoms with van der Waals surface area (Å²) in [4.78, 5) is 2.43. The molecule has 1 aromatic carbocycles. The summed E-state index contributed by atoms with van der Waals surface area (Å²) in [5, 5.41) is 9.61. The predicted octanol–water partition coefficient (Wildman–Crippen LogP) is 3.41. The van der Waals surface area contributed by atoms with E-state index in [9.17, 15) is 5.11 Å². The third-order valence-electron chi connectivity index (χ3n) is 4.21. The molecule has 1 aliphatic rings. The molecular formula is C16H25NO2. The van der Waals surface area contributed by atoms with E-state index in [1.807, 2.05) is 12.1 Å². The summed E-state index contributed by atoms with van der Waals surface area (Å²) in [6.07, 6.45) is 5.31. The summed E-state index contributed by atoms with van der Waals surface area (Å²) in [6, 6.07) is 6.30.